The number of amides is 1. The average molecular weight is 288 g/mol. The van der Waals surface area contributed by atoms with Gasteiger partial charge in [0.1, 0.15) is 6.61 Å². The molecule has 0 bridgehead atoms. The summed E-state index contributed by atoms with van der Waals surface area (Å²) in [5.41, 5.74) is 0.345. The molecule has 0 spiro atoms. The van der Waals surface area contributed by atoms with E-state index in [1.54, 1.807) is 18.1 Å². The van der Waals surface area contributed by atoms with Crippen molar-refractivity contribution < 1.29 is 14.1 Å². The minimum absolute atomic E-state index is 0.0865. The molecule has 0 atom stereocenters. The first-order chi connectivity index (χ1) is 9.24. The van der Waals surface area contributed by atoms with Crippen LogP contribution < -0.4 is 0 Å². The van der Waals surface area contributed by atoms with Gasteiger partial charge in [0.05, 0.1) is 0 Å². The fourth-order valence-electron chi connectivity index (χ4n) is 2.08. The van der Waals surface area contributed by atoms with Gasteiger partial charge in [-0.2, -0.15) is 0 Å². The Hall–Kier alpha value is -1.11. The molecule has 19 heavy (non-hydrogen) atoms. The summed E-state index contributed by atoms with van der Waals surface area (Å²) in [6.07, 6.45) is 0. The number of carbonyl (C=O) groups is 1. The van der Waals surface area contributed by atoms with E-state index in [0.717, 1.165) is 19.6 Å². The lowest BCUT2D eigenvalue weighted by atomic mass is 10.2. The van der Waals surface area contributed by atoms with Gasteiger partial charge in [-0.25, -0.2) is 0 Å². The molecule has 0 saturated carbocycles. The van der Waals surface area contributed by atoms with Crippen molar-refractivity contribution in [1.82, 2.24) is 15.0 Å². The smallest absolute Gasteiger partial charge is 0.276 e. The molecule has 7 heteroatoms. The highest BCUT2D eigenvalue weighted by molar-refractivity contribution is 6.18. The monoisotopic (exact) mass is 287 g/mol. The minimum Gasteiger partial charge on any atom is -0.377 e. The van der Waals surface area contributed by atoms with Crippen molar-refractivity contribution in [2.24, 2.45) is 0 Å². The second-order valence-corrected chi connectivity index (χ2v) is 4.81. The third-order valence-corrected chi connectivity index (χ3v) is 3.29. The van der Waals surface area contributed by atoms with Gasteiger partial charge in [0.25, 0.3) is 5.91 Å². The van der Waals surface area contributed by atoms with Crippen molar-refractivity contribution >= 4 is 17.5 Å². The number of rotatable bonds is 5. The summed E-state index contributed by atoms with van der Waals surface area (Å²) in [4.78, 5) is 16.2. The van der Waals surface area contributed by atoms with E-state index in [2.05, 4.69) is 10.1 Å². The molecule has 1 aliphatic heterocycles. The van der Waals surface area contributed by atoms with Gasteiger partial charge in [0, 0.05) is 51.8 Å². The predicted octanol–water partition coefficient (Wildman–Crippen LogP) is 0.818. The SMILES string of the molecule is COCc1cc(C(=O)N2CCN(CCCl)CC2)no1. The molecule has 0 radical (unpaired) electrons. The number of hydrogen-bond donors (Lipinski definition) is 0. The topological polar surface area (TPSA) is 58.8 Å². The van der Waals surface area contributed by atoms with Crippen LogP contribution in [0.15, 0.2) is 10.6 Å². The van der Waals surface area contributed by atoms with Gasteiger partial charge >= 0.3 is 0 Å². The number of carbonyl (C=O) groups excluding carboxylic acids is 1. The molecule has 0 aliphatic carbocycles. The number of ether oxygens (including phenoxy) is 1. The summed E-state index contributed by atoms with van der Waals surface area (Å²) >= 11 is 5.71. The number of hydrogen-bond acceptors (Lipinski definition) is 5. The Bertz CT molecular complexity index is 416. The van der Waals surface area contributed by atoms with E-state index >= 15 is 0 Å². The molecule has 106 valence electrons. The Labute approximate surface area is 117 Å². The van der Waals surface area contributed by atoms with E-state index in [1.807, 2.05) is 0 Å². The largest absolute Gasteiger partial charge is 0.377 e. The predicted molar refractivity (Wildman–Crippen MR) is 70.3 cm³/mol. The Balaban J connectivity index is 1.89. The third-order valence-electron chi connectivity index (χ3n) is 3.12. The summed E-state index contributed by atoms with van der Waals surface area (Å²) in [6, 6.07) is 1.64. The van der Waals surface area contributed by atoms with Crippen molar-refractivity contribution in [3.05, 3.63) is 17.5 Å². The highest BCUT2D eigenvalue weighted by Gasteiger charge is 2.24. The second-order valence-electron chi connectivity index (χ2n) is 4.43. The molecular weight excluding hydrogens is 270 g/mol. The van der Waals surface area contributed by atoms with Crippen molar-refractivity contribution in [2.75, 3.05) is 45.7 Å². The summed E-state index contributed by atoms with van der Waals surface area (Å²) in [5.74, 6) is 1.10. The quantitative estimate of drug-likeness (QED) is 0.751. The molecule has 1 aromatic rings. The highest BCUT2D eigenvalue weighted by Crippen LogP contribution is 2.10. The molecule has 1 amide bonds. The zero-order valence-corrected chi connectivity index (χ0v) is 11.7. The average Bonchev–Trinajstić information content (AvgIpc) is 2.88. The number of methoxy groups -OCH3 is 1. The van der Waals surface area contributed by atoms with Gasteiger partial charge in [0.15, 0.2) is 11.5 Å². The molecule has 6 nitrogen and oxygen atoms in total. The maximum Gasteiger partial charge on any atom is 0.276 e. The summed E-state index contributed by atoms with van der Waals surface area (Å²) in [6.45, 7) is 4.28. The lowest BCUT2D eigenvalue weighted by Crippen LogP contribution is -2.49. The lowest BCUT2D eigenvalue weighted by molar-refractivity contribution is 0.0634. The fourth-order valence-corrected chi connectivity index (χ4v) is 2.32. The van der Waals surface area contributed by atoms with Gasteiger partial charge in [-0.3, -0.25) is 9.69 Å². The fraction of sp³-hybridized carbons (Fsp3) is 0.667. The van der Waals surface area contributed by atoms with Crippen molar-refractivity contribution in [3.63, 3.8) is 0 Å². The first-order valence-electron chi connectivity index (χ1n) is 6.26. The molecule has 1 aliphatic rings. The molecule has 1 fully saturated rings. The molecule has 1 aromatic heterocycles. The van der Waals surface area contributed by atoms with E-state index in [-0.39, 0.29) is 5.91 Å². The van der Waals surface area contributed by atoms with E-state index < -0.39 is 0 Å². The van der Waals surface area contributed by atoms with Crippen LogP contribution in [0.2, 0.25) is 0 Å². The van der Waals surface area contributed by atoms with Crippen LogP contribution >= 0.6 is 11.6 Å². The van der Waals surface area contributed by atoms with Crippen LogP contribution in [0, 0.1) is 0 Å². The lowest BCUT2D eigenvalue weighted by Gasteiger charge is -2.33. The zero-order valence-electron chi connectivity index (χ0n) is 11.0. The molecule has 0 unspecified atom stereocenters. The Kier molecular flexibility index (Phi) is 5.18. The van der Waals surface area contributed by atoms with Crippen molar-refractivity contribution in [2.45, 2.75) is 6.61 Å². The summed E-state index contributed by atoms with van der Waals surface area (Å²) in [7, 11) is 1.57. The van der Waals surface area contributed by atoms with Gasteiger partial charge in [0.2, 0.25) is 0 Å². The maximum atomic E-state index is 12.2. The van der Waals surface area contributed by atoms with Crippen LogP contribution in [0.1, 0.15) is 16.2 Å². The number of alkyl halides is 1. The number of piperazine rings is 1. The van der Waals surface area contributed by atoms with E-state index in [4.69, 9.17) is 20.9 Å². The van der Waals surface area contributed by atoms with Crippen LogP contribution in [0.3, 0.4) is 0 Å². The standard InChI is InChI=1S/C12H18ClN3O3/c1-18-9-10-8-11(14-19-10)12(17)16-6-4-15(3-2-13)5-7-16/h8H,2-7,9H2,1H3. The van der Waals surface area contributed by atoms with E-state index in [0.29, 0.717) is 37.0 Å². The highest BCUT2D eigenvalue weighted by atomic mass is 35.5. The number of nitrogens with zero attached hydrogens (tertiary/aromatic N) is 3. The van der Waals surface area contributed by atoms with Crippen molar-refractivity contribution in [3.8, 4) is 0 Å². The van der Waals surface area contributed by atoms with Gasteiger partial charge < -0.3 is 14.2 Å². The van der Waals surface area contributed by atoms with Crippen LogP contribution in [0.25, 0.3) is 0 Å². The normalized spacial score (nSPS) is 16.8. The van der Waals surface area contributed by atoms with Gasteiger partial charge in [-0.1, -0.05) is 5.16 Å². The van der Waals surface area contributed by atoms with Crippen LogP contribution in [0.4, 0.5) is 0 Å². The Morgan fingerprint density at radius 3 is 2.84 bits per heavy atom. The van der Waals surface area contributed by atoms with Crippen LogP contribution in [0.5, 0.6) is 0 Å². The minimum atomic E-state index is -0.0865. The first kappa shape index (κ1) is 14.3. The Morgan fingerprint density at radius 1 is 1.47 bits per heavy atom. The van der Waals surface area contributed by atoms with Gasteiger partial charge in [-0.15, -0.1) is 11.6 Å². The van der Waals surface area contributed by atoms with E-state index in [9.17, 15) is 4.79 Å². The molecule has 2 rings (SSSR count). The van der Waals surface area contributed by atoms with Crippen LogP contribution in [-0.2, 0) is 11.3 Å². The Morgan fingerprint density at radius 2 is 2.21 bits per heavy atom. The number of aromatic nitrogens is 1. The molecule has 1 saturated heterocycles. The molecule has 0 N–H and O–H groups in total. The first-order valence-corrected chi connectivity index (χ1v) is 6.80. The second kappa shape index (κ2) is 6.88. The zero-order chi connectivity index (χ0) is 13.7. The maximum absolute atomic E-state index is 12.2. The van der Waals surface area contributed by atoms with E-state index in [1.165, 1.54) is 0 Å². The summed E-state index contributed by atoms with van der Waals surface area (Å²) in [5, 5.41) is 3.78. The third kappa shape index (κ3) is 3.68. The molecule has 2 heterocycles. The van der Waals surface area contributed by atoms with Gasteiger partial charge in [-0.05, 0) is 0 Å². The molecular formula is C12H18ClN3O3. The molecule has 0 aromatic carbocycles. The van der Waals surface area contributed by atoms with Crippen molar-refractivity contribution in [1.29, 1.82) is 0 Å². The number of halogens is 1. The summed E-state index contributed by atoms with van der Waals surface area (Å²) < 4.78 is 9.96. The van der Waals surface area contributed by atoms with Crippen LogP contribution in [-0.4, -0.2) is 66.6 Å².